The summed E-state index contributed by atoms with van der Waals surface area (Å²) in [6, 6.07) is 17.5. The Balaban J connectivity index is 1.49. The van der Waals surface area contributed by atoms with Gasteiger partial charge in [-0.1, -0.05) is 36.4 Å². The van der Waals surface area contributed by atoms with Crippen molar-refractivity contribution in [3.8, 4) is 0 Å². The maximum absolute atomic E-state index is 12.0. The molecule has 1 saturated heterocycles. The second-order valence-electron chi connectivity index (χ2n) is 8.89. The summed E-state index contributed by atoms with van der Waals surface area (Å²) >= 11 is 1.30. The van der Waals surface area contributed by atoms with Crippen molar-refractivity contribution in [2.45, 2.75) is 49.4 Å². The topological polar surface area (TPSA) is 155 Å². The molecule has 0 spiro atoms. The van der Waals surface area contributed by atoms with Crippen molar-refractivity contribution >= 4 is 35.3 Å². The fourth-order valence-corrected chi connectivity index (χ4v) is 5.04. The molecule has 1 aromatic heterocycles. The molecule has 1 fully saturated rings. The molecule has 0 bridgehead atoms. The van der Waals surface area contributed by atoms with Crippen LogP contribution in [0.3, 0.4) is 0 Å². The van der Waals surface area contributed by atoms with Gasteiger partial charge in [-0.15, -0.1) is 11.8 Å². The zero-order valence-electron chi connectivity index (χ0n) is 20.9. The largest absolute Gasteiger partial charge is 0.481 e. The predicted octanol–water partition coefficient (Wildman–Crippen LogP) is 4.41. The SMILES string of the molecule is O=C(O)CCC(=O)Nc1ccc([C@H]2O[C@@H](CSc3ncccc3C(=O)O)C[C@@H](c3ccc(CO)cc3)O2)cc1. The lowest BCUT2D eigenvalue weighted by Gasteiger charge is -2.36. The van der Waals surface area contributed by atoms with Crippen LogP contribution >= 0.6 is 11.8 Å². The summed E-state index contributed by atoms with van der Waals surface area (Å²) in [5.74, 6) is -2.04. The molecule has 0 unspecified atom stereocenters. The summed E-state index contributed by atoms with van der Waals surface area (Å²) < 4.78 is 12.6. The lowest BCUT2D eigenvalue weighted by molar-refractivity contribution is -0.245. The Morgan fingerprint density at radius 1 is 0.949 bits per heavy atom. The van der Waals surface area contributed by atoms with Gasteiger partial charge < -0.3 is 30.1 Å². The van der Waals surface area contributed by atoms with E-state index in [1.807, 2.05) is 24.3 Å². The molecule has 204 valence electrons. The number of pyridine rings is 1. The second kappa shape index (κ2) is 13.3. The first-order chi connectivity index (χ1) is 18.8. The van der Waals surface area contributed by atoms with Crippen molar-refractivity contribution in [1.82, 2.24) is 4.98 Å². The van der Waals surface area contributed by atoms with Crippen LogP contribution in [-0.4, -0.2) is 50.0 Å². The van der Waals surface area contributed by atoms with Crippen LogP contribution in [0, 0.1) is 0 Å². The Hall–Kier alpha value is -3.77. The van der Waals surface area contributed by atoms with Gasteiger partial charge in [0, 0.05) is 36.0 Å². The highest BCUT2D eigenvalue weighted by Gasteiger charge is 2.32. The third kappa shape index (κ3) is 7.87. The number of nitrogens with zero attached hydrogens (tertiary/aromatic N) is 1. The number of carboxylic acid groups (broad SMARTS) is 2. The van der Waals surface area contributed by atoms with Gasteiger partial charge in [0.05, 0.1) is 30.8 Å². The van der Waals surface area contributed by atoms with Gasteiger partial charge in [0.2, 0.25) is 5.91 Å². The van der Waals surface area contributed by atoms with Crippen LogP contribution in [0.25, 0.3) is 0 Å². The first-order valence-electron chi connectivity index (χ1n) is 12.3. The molecule has 0 saturated carbocycles. The highest BCUT2D eigenvalue weighted by molar-refractivity contribution is 7.99. The number of amides is 1. The van der Waals surface area contributed by atoms with E-state index in [2.05, 4.69) is 10.3 Å². The van der Waals surface area contributed by atoms with Crippen LogP contribution in [0.5, 0.6) is 0 Å². The summed E-state index contributed by atoms with van der Waals surface area (Å²) in [6.45, 7) is -0.0635. The average Bonchev–Trinajstić information content (AvgIpc) is 2.95. The van der Waals surface area contributed by atoms with Crippen molar-refractivity contribution in [1.29, 1.82) is 0 Å². The predicted molar refractivity (Wildman–Crippen MR) is 142 cm³/mol. The summed E-state index contributed by atoms with van der Waals surface area (Å²) in [4.78, 5) is 38.5. The van der Waals surface area contributed by atoms with E-state index in [0.29, 0.717) is 28.5 Å². The minimum atomic E-state index is -1.05. The second-order valence-corrected chi connectivity index (χ2v) is 9.90. The van der Waals surface area contributed by atoms with E-state index in [4.69, 9.17) is 14.6 Å². The number of aliphatic hydroxyl groups excluding tert-OH is 1. The number of carbonyl (C=O) groups excluding carboxylic acids is 1. The maximum atomic E-state index is 12.0. The summed E-state index contributed by atoms with van der Waals surface area (Å²) in [6.07, 6.45) is 0.356. The monoisotopic (exact) mass is 552 g/mol. The number of aromatic carboxylic acids is 1. The van der Waals surface area contributed by atoms with E-state index in [1.54, 1.807) is 36.5 Å². The van der Waals surface area contributed by atoms with Crippen LogP contribution in [0.2, 0.25) is 0 Å². The number of benzene rings is 2. The molecule has 4 rings (SSSR count). The first-order valence-corrected chi connectivity index (χ1v) is 13.2. The number of rotatable bonds is 11. The number of aliphatic hydroxyl groups is 1. The molecular weight excluding hydrogens is 524 g/mol. The summed E-state index contributed by atoms with van der Waals surface area (Å²) in [5, 5.41) is 30.7. The van der Waals surface area contributed by atoms with Gasteiger partial charge in [-0.3, -0.25) is 9.59 Å². The minimum Gasteiger partial charge on any atom is -0.481 e. The molecular formula is C28H28N2O8S. The third-order valence-electron chi connectivity index (χ3n) is 6.05. The first kappa shape index (κ1) is 28.2. The standard InChI is InChI=1S/C28H28N2O8S/c31-15-17-3-5-18(6-4-17)23-14-21(16-39-26-22(27(35)36)2-1-13-29-26)37-28(38-23)19-7-9-20(10-8-19)30-24(32)11-12-25(33)34/h1-10,13,21,23,28,31H,11-12,14-16H2,(H,30,32)(H,33,34)(H,35,36)/t21-,23+,28+/m1/s1. The van der Waals surface area contributed by atoms with Gasteiger partial charge in [0.1, 0.15) is 5.03 Å². The lowest BCUT2D eigenvalue weighted by atomic mass is 10.0. The highest BCUT2D eigenvalue weighted by atomic mass is 32.2. The molecule has 2 aromatic carbocycles. The van der Waals surface area contributed by atoms with Crippen LogP contribution < -0.4 is 5.32 Å². The van der Waals surface area contributed by atoms with Gasteiger partial charge in [0.15, 0.2) is 6.29 Å². The number of anilines is 1. The lowest BCUT2D eigenvalue weighted by Crippen LogP contribution is -2.31. The van der Waals surface area contributed by atoms with Gasteiger partial charge in [-0.25, -0.2) is 9.78 Å². The molecule has 2 heterocycles. The van der Waals surface area contributed by atoms with Crippen molar-refractivity contribution in [2.75, 3.05) is 11.1 Å². The van der Waals surface area contributed by atoms with Crippen molar-refractivity contribution < 1.29 is 39.2 Å². The Morgan fingerprint density at radius 2 is 1.67 bits per heavy atom. The van der Waals surface area contributed by atoms with E-state index < -0.39 is 24.1 Å². The van der Waals surface area contributed by atoms with Gasteiger partial charge in [-0.05, 0) is 35.4 Å². The van der Waals surface area contributed by atoms with E-state index in [1.165, 1.54) is 17.8 Å². The molecule has 1 amide bonds. The van der Waals surface area contributed by atoms with Crippen molar-refractivity contribution in [2.24, 2.45) is 0 Å². The number of nitrogens with one attached hydrogen (secondary N) is 1. The fourth-order valence-electron chi connectivity index (χ4n) is 4.03. The number of carboxylic acids is 2. The molecule has 3 atom stereocenters. The van der Waals surface area contributed by atoms with E-state index >= 15 is 0 Å². The van der Waals surface area contributed by atoms with Gasteiger partial charge in [-0.2, -0.15) is 0 Å². The minimum absolute atomic E-state index is 0.0635. The number of carbonyl (C=O) groups is 3. The van der Waals surface area contributed by atoms with Gasteiger partial charge >= 0.3 is 11.9 Å². The summed E-state index contributed by atoms with van der Waals surface area (Å²) in [5.41, 5.74) is 3.07. The van der Waals surface area contributed by atoms with E-state index in [9.17, 15) is 24.6 Å². The van der Waals surface area contributed by atoms with Crippen LogP contribution in [0.4, 0.5) is 5.69 Å². The average molecular weight is 553 g/mol. The van der Waals surface area contributed by atoms with Crippen LogP contribution in [0.15, 0.2) is 71.9 Å². The fraction of sp³-hybridized carbons (Fsp3) is 0.286. The highest BCUT2D eigenvalue weighted by Crippen LogP contribution is 2.39. The summed E-state index contributed by atoms with van der Waals surface area (Å²) in [7, 11) is 0. The Kier molecular flexibility index (Phi) is 9.66. The molecule has 0 aliphatic carbocycles. The zero-order valence-corrected chi connectivity index (χ0v) is 21.7. The van der Waals surface area contributed by atoms with Crippen molar-refractivity contribution in [3.05, 3.63) is 89.1 Å². The van der Waals surface area contributed by atoms with Crippen LogP contribution in [0.1, 0.15) is 58.7 Å². The number of thioether (sulfide) groups is 1. The van der Waals surface area contributed by atoms with E-state index in [-0.39, 0.29) is 37.2 Å². The third-order valence-corrected chi connectivity index (χ3v) is 7.19. The molecule has 11 heteroatoms. The maximum Gasteiger partial charge on any atom is 0.338 e. The zero-order chi connectivity index (χ0) is 27.8. The molecule has 1 aliphatic rings. The van der Waals surface area contributed by atoms with Crippen LogP contribution in [-0.2, 0) is 25.7 Å². The quantitative estimate of drug-likeness (QED) is 0.251. The van der Waals surface area contributed by atoms with E-state index in [0.717, 1.165) is 11.1 Å². The molecule has 1 aliphatic heterocycles. The number of aliphatic carboxylic acids is 1. The Bertz CT molecular complexity index is 1300. The Morgan fingerprint density at radius 3 is 2.33 bits per heavy atom. The number of hydrogen-bond donors (Lipinski definition) is 4. The normalized spacial score (nSPS) is 18.8. The molecule has 3 aromatic rings. The number of ether oxygens (including phenoxy) is 2. The molecule has 39 heavy (non-hydrogen) atoms. The van der Waals surface area contributed by atoms with Gasteiger partial charge in [0.25, 0.3) is 0 Å². The molecule has 4 N–H and O–H groups in total. The van der Waals surface area contributed by atoms with Crippen molar-refractivity contribution in [3.63, 3.8) is 0 Å². The molecule has 0 radical (unpaired) electrons. The smallest absolute Gasteiger partial charge is 0.338 e. The molecule has 10 nitrogen and oxygen atoms in total. The number of aromatic nitrogens is 1. The Labute approximate surface area is 229 Å². The number of hydrogen-bond acceptors (Lipinski definition) is 8.